The maximum Gasteiger partial charge on any atom is 0.0611 e. The Bertz CT molecular complexity index is 199. The fraction of sp³-hybridized carbons (Fsp3) is 1.00. The van der Waals surface area contributed by atoms with Crippen LogP contribution in [0.5, 0.6) is 0 Å². The molecule has 0 aliphatic heterocycles. The fourth-order valence-corrected chi connectivity index (χ4v) is 2.68. The summed E-state index contributed by atoms with van der Waals surface area (Å²) in [5.74, 6) is 0. The van der Waals surface area contributed by atoms with Crippen LogP contribution in [0.4, 0.5) is 0 Å². The predicted molar refractivity (Wildman–Crippen MR) is 75.4 cm³/mol. The molecule has 0 saturated carbocycles. The molecule has 3 unspecified atom stereocenters. The van der Waals surface area contributed by atoms with Crippen molar-refractivity contribution in [3.8, 4) is 0 Å². The molecule has 0 fully saturated rings. The van der Waals surface area contributed by atoms with E-state index in [9.17, 15) is 5.11 Å². The predicted octanol–water partition coefficient (Wildman–Crippen LogP) is 2.25. The third-order valence-corrected chi connectivity index (χ3v) is 3.79. The largest absolute Gasteiger partial charge is 0.394 e. The minimum atomic E-state index is -0.158. The first-order valence-corrected chi connectivity index (χ1v) is 7.05. The number of aliphatic hydroxyl groups excluding tert-OH is 1. The molecule has 2 N–H and O–H groups in total. The molecule has 3 atom stereocenters. The van der Waals surface area contributed by atoms with Crippen LogP contribution >= 0.6 is 0 Å². The third-order valence-electron chi connectivity index (χ3n) is 3.79. The average Bonchev–Trinajstić information content (AvgIpc) is 2.29. The highest BCUT2D eigenvalue weighted by atomic mass is 16.3. The molecule has 0 aromatic rings. The third kappa shape index (κ3) is 5.36. The SMILES string of the molecule is CCNC(C)(CO)CC(C)N(CC)C(C)CC. The number of rotatable bonds is 9. The van der Waals surface area contributed by atoms with Crippen LogP contribution in [-0.2, 0) is 0 Å². The molecule has 104 valence electrons. The van der Waals surface area contributed by atoms with Crippen LogP contribution in [0.2, 0.25) is 0 Å². The Hall–Kier alpha value is -0.120. The Labute approximate surface area is 108 Å². The van der Waals surface area contributed by atoms with Gasteiger partial charge in [-0.25, -0.2) is 0 Å². The van der Waals surface area contributed by atoms with Crippen molar-refractivity contribution >= 4 is 0 Å². The van der Waals surface area contributed by atoms with Crippen molar-refractivity contribution in [1.82, 2.24) is 10.2 Å². The van der Waals surface area contributed by atoms with Crippen LogP contribution in [0.15, 0.2) is 0 Å². The number of hydrogen-bond donors (Lipinski definition) is 2. The van der Waals surface area contributed by atoms with E-state index in [0.29, 0.717) is 12.1 Å². The van der Waals surface area contributed by atoms with Gasteiger partial charge in [-0.1, -0.05) is 20.8 Å². The van der Waals surface area contributed by atoms with Crippen LogP contribution in [0.3, 0.4) is 0 Å². The molecule has 0 saturated heterocycles. The van der Waals surface area contributed by atoms with Gasteiger partial charge in [-0.15, -0.1) is 0 Å². The van der Waals surface area contributed by atoms with Gasteiger partial charge in [0.25, 0.3) is 0 Å². The zero-order valence-electron chi connectivity index (χ0n) is 12.6. The molecule has 0 bridgehead atoms. The lowest BCUT2D eigenvalue weighted by Gasteiger charge is -2.39. The molecule has 0 amide bonds. The van der Waals surface area contributed by atoms with Gasteiger partial charge in [0.15, 0.2) is 0 Å². The van der Waals surface area contributed by atoms with Gasteiger partial charge < -0.3 is 10.4 Å². The summed E-state index contributed by atoms with van der Waals surface area (Å²) in [6.07, 6.45) is 2.16. The first-order valence-electron chi connectivity index (χ1n) is 7.05. The van der Waals surface area contributed by atoms with Crippen molar-refractivity contribution in [2.24, 2.45) is 0 Å². The lowest BCUT2D eigenvalue weighted by molar-refractivity contribution is 0.0955. The Balaban J connectivity index is 4.51. The van der Waals surface area contributed by atoms with E-state index in [1.54, 1.807) is 0 Å². The zero-order chi connectivity index (χ0) is 13.5. The molecule has 17 heavy (non-hydrogen) atoms. The summed E-state index contributed by atoms with van der Waals surface area (Å²) in [6, 6.07) is 1.10. The van der Waals surface area contributed by atoms with Crippen molar-refractivity contribution in [3.05, 3.63) is 0 Å². The van der Waals surface area contributed by atoms with Crippen LogP contribution in [-0.4, -0.2) is 47.3 Å². The lowest BCUT2D eigenvalue weighted by atomic mass is 9.93. The second-order valence-electron chi connectivity index (χ2n) is 5.39. The van der Waals surface area contributed by atoms with E-state index in [2.05, 4.69) is 51.8 Å². The quantitative estimate of drug-likeness (QED) is 0.653. The molecule has 3 nitrogen and oxygen atoms in total. The lowest BCUT2D eigenvalue weighted by Crippen LogP contribution is -2.51. The summed E-state index contributed by atoms with van der Waals surface area (Å²) in [4.78, 5) is 2.52. The average molecular weight is 244 g/mol. The van der Waals surface area contributed by atoms with E-state index in [1.165, 1.54) is 6.42 Å². The monoisotopic (exact) mass is 244 g/mol. The molecular weight excluding hydrogens is 212 g/mol. The molecule has 3 heteroatoms. The molecule has 0 radical (unpaired) electrons. The van der Waals surface area contributed by atoms with E-state index >= 15 is 0 Å². The van der Waals surface area contributed by atoms with E-state index < -0.39 is 0 Å². The zero-order valence-corrected chi connectivity index (χ0v) is 12.6. The molecule has 0 spiro atoms. The van der Waals surface area contributed by atoms with Crippen molar-refractivity contribution in [2.45, 2.75) is 72.0 Å². The van der Waals surface area contributed by atoms with Gasteiger partial charge in [-0.2, -0.15) is 0 Å². The minimum absolute atomic E-state index is 0.158. The molecule has 0 aromatic carbocycles. The van der Waals surface area contributed by atoms with Crippen molar-refractivity contribution in [3.63, 3.8) is 0 Å². The first kappa shape index (κ1) is 16.9. The van der Waals surface area contributed by atoms with Gasteiger partial charge in [0.2, 0.25) is 0 Å². The topological polar surface area (TPSA) is 35.5 Å². The summed E-state index contributed by atoms with van der Waals surface area (Å²) in [7, 11) is 0. The van der Waals surface area contributed by atoms with Gasteiger partial charge in [0.05, 0.1) is 6.61 Å². The number of nitrogens with zero attached hydrogens (tertiary/aromatic N) is 1. The Kier molecular flexibility index (Phi) is 8.01. The molecule has 0 aromatic heterocycles. The van der Waals surface area contributed by atoms with Gasteiger partial charge >= 0.3 is 0 Å². The summed E-state index contributed by atoms with van der Waals surface area (Å²) < 4.78 is 0. The van der Waals surface area contributed by atoms with Crippen molar-refractivity contribution < 1.29 is 5.11 Å². The number of likely N-dealkylation sites (N-methyl/N-ethyl adjacent to an activating group) is 1. The van der Waals surface area contributed by atoms with Crippen LogP contribution in [0.1, 0.15) is 54.4 Å². The van der Waals surface area contributed by atoms with E-state index in [4.69, 9.17) is 0 Å². The maximum absolute atomic E-state index is 9.53. The molecular formula is C14H32N2O. The van der Waals surface area contributed by atoms with Crippen LogP contribution in [0.25, 0.3) is 0 Å². The Morgan fingerprint density at radius 1 is 1.18 bits per heavy atom. The summed E-state index contributed by atoms with van der Waals surface area (Å²) in [6.45, 7) is 15.4. The number of aliphatic hydroxyl groups is 1. The molecule has 0 aliphatic carbocycles. The summed E-state index contributed by atoms with van der Waals surface area (Å²) in [5, 5.41) is 12.9. The van der Waals surface area contributed by atoms with Crippen molar-refractivity contribution in [1.29, 1.82) is 0 Å². The highest BCUT2D eigenvalue weighted by Crippen LogP contribution is 2.18. The Morgan fingerprint density at radius 2 is 1.76 bits per heavy atom. The van der Waals surface area contributed by atoms with Crippen LogP contribution < -0.4 is 5.32 Å². The van der Waals surface area contributed by atoms with Gasteiger partial charge in [-0.05, 0) is 46.7 Å². The standard InChI is InChI=1S/C14H32N2O/c1-7-12(4)16(9-3)13(5)10-14(6,11-17)15-8-2/h12-13,15,17H,7-11H2,1-6H3. The van der Waals surface area contributed by atoms with E-state index in [-0.39, 0.29) is 12.1 Å². The molecule has 0 aliphatic rings. The number of nitrogens with one attached hydrogen (secondary N) is 1. The maximum atomic E-state index is 9.53. The number of hydrogen-bond acceptors (Lipinski definition) is 3. The van der Waals surface area contributed by atoms with Gasteiger partial charge in [-0.3, -0.25) is 4.90 Å². The van der Waals surface area contributed by atoms with Gasteiger partial charge in [0, 0.05) is 17.6 Å². The van der Waals surface area contributed by atoms with E-state index in [0.717, 1.165) is 19.5 Å². The minimum Gasteiger partial charge on any atom is -0.394 e. The summed E-state index contributed by atoms with van der Waals surface area (Å²) in [5.41, 5.74) is -0.158. The second-order valence-corrected chi connectivity index (χ2v) is 5.39. The van der Waals surface area contributed by atoms with Gasteiger partial charge in [0.1, 0.15) is 0 Å². The normalized spacial score (nSPS) is 19.1. The molecule has 0 rings (SSSR count). The first-order chi connectivity index (χ1) is 7.94. The Morgan fingerprint density at radius 3 is 2.12 bits per heavy atom. The highest BCUT2D eigenvalue weighted by molar-refractivity contribution is 4.87. The van der Waals surface area contributed by atoms with Crippen LogP contribution in [0, 0.1) is 0 Å². The highest BCUT2D eigenvalue weighted by Gasteiger charge is 2.28. The fourth-order valence-electron chi connectivity index (χ4n) is 2.68. The smallest absolute Gasteiger partial charge is 0.0611 e. The van der Waals surface area contributed by atoms with E-state index in [1.807, 2.05) is 0 Å². The van der Waals surface area contributed by atoms with Crippen molar-refractivity contribution in [2.75, 3.05) is 19.7 Å². The second kappa shape index (κ2) is 8.06. The molecule has 0 heterocycles. The summed E-state index contributed by atoms with van der Waals surface area (Å²) >= 11 is 0.